The SMILES string of the molecule is CC(C)CCC[C@H](C)COc1cc(N=[N+]=[N-])ccc1C=O. The summed E-state index contributed by atoms with van der Waals surface area (Å²) in [5.74, 6) is 1.62. The first kappa shape index (κ1) is 17.1. The van der Waals surface area contributed by atoms with E-state index in [2.05, 4.69) is 30.8 Å². The summed E-state index contributed by atoms with van der Waals surface area (Å²) in [4.78, 5) is 13.7. The van der Waals surface area contributed by atoms with Crippen molar-refractivity contribution in [3.8, 4) is 5.75 Å². The number of carbonyl (C=O) groups excluding carboxylic acids is 1. The second kappa shape index (κ2) is 9.03. The predicted octanol–water partition coefficient (Wildman–Crippen LogP) is 5.28. The van der Waals surface area contributed by atoms with Gasteiger partial charge in [0.25, 0.3) is 0 Å². The van der Waals surface area contributed by atoms with E-state index in [4.69, 9.17) is 10.3 Å². The van der Waals surface area contributed by atoms with Gasteiger partial charge in [0.1, 0.15) is 5.75 Å². The number of nitrogens with zero attached hydrogens (tertiary/aromatic N) is 3. The quantitative estimate of drug-likeness (QED) is 0.268. The Morgan fingerprint density at radius 2 is 2.10 bits per heavy atom. The minimum absolute atomic E-state index is 0.423. The number of hydrogen-bond acceptors (Lipinski definition) is 3. The third-order valence-corrected chi connectivity index (χ3v) is 3.29. The van der Waals surface area contributed by atoms with Crippen molar-refractivity contribution < 1.29 is 9.53 Å². The Morgan fingerprint density at radius 1 is 1.33 bits per heavy atom. The van der Waals surface area contributed by atoms with Crippen LogP contribution in [0.2, 0.25) is 0 Å². The second-order valence-corrected chi connectivity index (χ2v) is 5.77. The summed E-state index contributed by atoms with van der Waals surface area (Å²) in [5, 5.41) is 3.52. The van der Waals surface area contributed by atoms with Gasteiger partial charge in [0.15, 0.2) is 6.29 Å². The fourth-order valence-electron chi connectivity index (χ4n) is 2.05. The molecule has 0 heterocycles. The topological polar surface area (TPSA) is 75.1 Å². The first-order valence-corrected chi connectivity index (χ1v) is 7.34. The molecular weight excluding hydrogens is 266 g/mol. The molecule has 114 valence electrons. The van der Waals surface area contributed by atoms with Crippen molar-refractivity contribution in [3.05, 3.63) is 34.2 Å². The minimum atomic E-state index is 0.423. The van der Waals surface area contributed by atoms with Gasteiger partial charge in [-0.1, -0.05) is 44.8 Å². The highest BCUT2D eigenvalue weighted by Gasteiger charge is 2.08. The van der Waals surface area contributed by atoms with E-state index in [1.165, 1.54) is 12.8 Å². The van der Waals surface area contributed by atoms with Crippen LogP contribution in [-0.4, -0.2) is 12.9 Å². The van der Waals surface area contributed by atoms with Crippen LogP contribution < -0.4 is 4.74 Å². The Hall–Kier alpha value is -2.00. The van der Waals surface area contributed by atoms with Gasteiger partial charge in [-0.2, -0.15) is 0 Å². The van der Waals surface area contributed by atoms with Crippen LogP contribution in [-0.2, 0) is 0 Å². The maximum atomic E-state index is 11.0. The second-order valence-electron chi connectivity index (χ2n) is 5.77. The molecule has 0 saturated carbocycles. The van der Waals surface area contributed by atoms with Gasteiger partial charge in [-0.05, 0) is 35.9 Å². The Bertz CT molecular complexity index is 508. The van der Waals surface area contributed by atoms with Gasteiger partial charge in [0, 0.05) is 10.6 Å². The van der Waals surface area contributed by atoms with Gasteiger partial charge >= 0.3 is 0 Å². The van der Waals surface area contributed by atoms with E-state index in [1.807, 2.05) is 0 Å². The monoisotopic (exact) mass is 289 g/mol. The van der Waals surface area contributed by atoms with Crippen molar-refractivity contribution in [2.45, 2.75) is 40.0 Å². The summed E-state index contributed by atoms with van der Waals surface area (Å²) in [7, 11) is 0. The summed E-state index contributed by atoms with van der Waals surface area (Å²) < 4.78 is 5.72. The molecule has 1 atom stereocenters. The molecule has 1 rings (SSSR count). The third-order valence-electron chi connectivity index (χ3n) is 3.29. The number of benzene rings is 1. The van der Waals surface area contributed by atoms with Crippen LogP contribution in [0.25, 0.3) is 10.4 Å². The van der Waals surface area contributed by atoms with Crippen molar-refractivity contribution in [3.63, 3.8) is 0 Å². The van der Waals surface area contributed by atoms with Crippen LogP contribution in [0, 0.1) is 11.8 Å². The summed E-state index contributed by atoms with van der Waals surface area (Å²) >= 11 is 0. The van der Waals surface area contributed by atoms with E-state index < -0.39 is 0 Å². The average molecular weight is 289 g/mol. The number of hydrogen-bond donors (Lipinski definition) is 0. The van der Waals surface area contributed by atoms with Crippen LogP contribution in [0.3, 0.4) is 0 Å². The number of ether oxygens (including phenoxy) is 1. The van der Waals surface area contributed by atoms with Gasteiger partial charge in [0.2, 0.25) is 0 Å². The molecule has 0 aromatic heterocycles. The zero-order valence-corrected chi connectivity index (χ0v) is 13.0. The number of aldehydes is 1. The lowest BCUT2D eigenvalue weighted by Gasteiger charge is -2.15. The Labute approximate surface area is 125 Å². The van der Waals surface area contributed by atoms with E-state index in [9.17, 15) is 4.79 Å². The molecule has 0 aliphatic heterocycles. The highest BCUT2D eigenvalue weighted by Crippen LogP contribution is 2.25. The Kier molecular flexibility index (Phi) is 7.33. The molecule has 0 bridgehead atoms. The van der Waals surface area contributed by atoms with Gasteiger partial charge in [-0.15, -0.1) is 0 Å². The molecule has 0 fully saturated rings. The summed E-state index contributed by atoms with van der Waals surface area (Å²) in [6, 6.07) is 4.81. The normalized spacial score (nSPS) is 11.8. The van der Waals surface area contributed by atoms with E-state index in [1.54, 1.807) is 18.2 Å². The smallest absolute Gasteiger partial charge is 0.153 e. The lowest BCUT2D eigenvalue weighted by Crippen LogP contribution is -2.10. The Balaban J connectivity index is 2.58. The zero-order chi connectivity index (χ0) is 15.7. The summed E-state index contributed by atoms with van der Waals surface area (Å²) in [6.45, 7) is 7.13. The van der Waals surface area contributed by atoms with Crippen LogP contribution in [0.5, 0.6) is 5.75 Å². The fourth-order valence-corrected chi connectivity index (χ4v) is 2.05. The summed E-state index contributed by atoms with van der Waals surface area (Å²) in [6.07, 6.45) is 4.25. The van der Waals surface area contributed by atoms with Gasteiger partial charge < -0.3 is 4.74 Å². The Morgan fingerprint density at radius 3 is 2.71 bits per heavy atom. The van der Waals surface area contributed by atoms with Gasteiger partial charge in [0.05, 0.1) is 12.2 Å². The van der Waals surface area contributed by atoms with Crippen molar-refractivity contribution >= 4 is 12.0 Å². The number of carbonyl (C=O) groups is 1. The molecule has 0 saturated heterocycles. The van der Waals surface area contributed by atoms with E-state index >= 15 is 0 Å². The lowest BCUT2D eigenvalue weighted by atomic mass is 10.0. The molecular formula is C16H23N3O2. The molecule has 5 nitrogen and oxygen atoms in total. The van der Waals surface area contributed by atoms with Gasteiger partial charge in [-0.25, -0.2) is 0 Å². The van der Waals surface area contributed by atoms with Crippen molar-refractivity contribution in [1.29, 1.82) is 0 Å². The van der Waals surface area contributed by atoms with Crippen LogP contribution in [0.1, 0.15) is 50.4 Å². The molecule has 0 amide bonds. The fraction of sp³-hybridized carbons (Fsp3) is 0.562. The van der Waals surface area contributed by atoms with Crippen molar-refractivity contribution in [1.82, 2.24) is 0 Å². The molecule has 0 aliphatic carbocycles. The van der Waals surface area contributed by atoms with Crippen LogP contribution in [0.15, 0.2) is 23.3 Å². The minimum Gasteiger partial charge on any atom is -0.493 e. The first-order chi connectivity index (χ1) is 10.1. The van der Waals surface area contributed by atoms with Crippen LogP contribution >= 0.6 is 0 Å². The van der Waals surface area contributed by atoms with E-state index in [-0.39, 0.29) is 0 Å². The molecule has 1 aromatic carbocycles. The largest absolute Gasteiger partial charge is 0.493 e. The molecule has 5 heteroatoms. The molecule has 0 unspecified atom stereocenters. The molecule has 1 aromatic rings. The highest BCUT2D eigenvalue weighted by molar-refractivity contribution is 5.80. The third kappa shape index (κ3) is 6.32. The average Bonchev–Trinajstić information content (AvgIpc) is 2.45. The molecule has 0 spiro atoms. The predicted molar refractivity (Wildman–Crippen MR) is 84.0 cm³/mol. The van der Waals surface area contributed by atoms with Crippen LogP contribution in [0.4, 0.5) is 5.69 Å². The molecule has 0 aliphatic rings. The lowest BCUT2D eigenvalue weighted by molar-refractivity contribution is 0.111. The van der Waals surface area contributed by atoms with Crippen molar-refractivity contribution in [2.75, 3.05) is 6.61 Å². The van der Waals surface area contributed by atoms with E-state index in [0.717, 1.165) is 18.6 Å². The number of azide groups is 1. The molecule has 0 radical (unpaired) electrons. The van der Waals surface area contributed by atoms with E-state index in [0.29, 0.717) is 29.5 Å². The number of rotatable bonds is 9. The summed E-state index contributed by atoms with van der Waals surface area (Å²) in [5.41, 5.74) is 9.37. The van der Waals surface area contributed by atoms with Crippen molar-refractivity contribution in [2.24, 2.45) is 17.0 Å². The maximum Gasteiger partial charge on any atom is 0.153 e. The first-order valence-electron chi connectivity index (χ1n) is 7.34. The van der Waals surface area contributed by atoms with Gasteiger partial charge in [-0.3, -0.25) is 4.79 Å². The zero-order valence-electron chi connectivity index (χ0n) is 13.0. The maximum absolute atomic E-state index is 11.0. The standard InChI is InChI=1S/C16H23N3O2/c1-12(2)5-4-6-13(3)11-21-16-9-15(18-19-17)8-7-14(16)10-20/h7-10,12-13H,4-6,11H2,1-3H3/t13-/m0/s1. The highest BCUT2D eigenvalue weighted by atomic mass is 16.5. The molecule has 21 heavy (non-hydrogen) atoms. The molecule has 0 N–H and O–H groups in total.